The van der Waals surface area contributed by atoms with Gasteiger partial charge in [-0.05, 0) is 96.9 Å². The molecule has 2 aliphatic heterocycles. The lowest BCUT2D eigenvalue weighted by Crippen LogP contribution is -2.52. The van der Waals surface area contributed by atoms with Gasteiger partial charge in [0, 0.05) is 29.2 Å². The molecule has 0 aromatic carbocycles. The van der Waals surface area contributed by atoms with Crippen molar-refractivity contribution < 1.29 is 0 Å². The van der Waals surface area contributed by atoms with Crippen LogP contribution >= 0.6 is 0 Å². The summed E-state index contributed by atoms with van der Waals surface area (Å²) in [4.78, 5) is 5.73. The molecule has 1 aliphatic carbocycles. The van der Waals surface area contributed by atoms with Gasteiger partial charge in [0.25, 0.3) is 0 Å². The van der Waals surface area contributed by atoms with Crippen molar-refractivity contribution in [3.05, 3.63) is 0 Å². The summed E-state index contributed by atoms with van der Waals surface area (Å²) in [6.07, 6.45) is 5.63. The van der Waals surface area contributed by atoms with Crippen molar-refractivity contribution in [1.29, 1.82) is 0 Å². The Morgan fingerprint density at radius 2 is 1.54 bits per heavy atom. The minimum Gasteiger partial charge on any atom is -0.295 e. The molecule has 0 bridgehead atoms. The summed E-state index contributed by atoms with van der Waals surface area (Å²) in [6.45, 7) is 25.8. The van der Waals surface area contributed by atoms with Crippen LogP contribution in [0.2, 0.25) is 0 Å². The van der Waals surface area contributed by atoms with E-state index in [2.05, 4.69) is 79.0 Å². The second kappa shape index (κ2) is 6.48. The smallest absolute Gasteiger partial charge is 0.0167 e. The highest BCUT2D eigenvalue weighted by Crippen LogP contribution is 2.61. The zero-order chi connectivity index (χ0) is 19.7. The summed E-state index contributed by atoms with van der Waals surface area (Å²) < 4.78 is 0. The molecule has 26 heavy (non-hydrogen) atoms. The van der Waals surface area contributed by atoms with Crippen molar-refractivity contribution in [3.8, 4) is 0 Å². The van der Waals surface area contributed by atoms with E-state index in [0.29, 0.717) is 16.5 Å². The average molecular weight is 363 g/mol. The van der Waals surface area contributed by atoms with E-state index < -0.39 is 0 Å². The van der Waals surface area contributed by atoms with E-state index in [1.54, 1.807) is 0 Å². The second-order valence-electron chi connectivity index (χ2n) is 12.7. The average Bonchev–Trinajstić information content (AvgIpc) is 2.92. The first-order valence-electron chi connectivity index (χ1n) is 11.3. The van der Waals surface area contributed by atoms with Gasteiger partial charge in [-0.25, -0.2) is 0 Å². The molecule has 3 fully saturated rings. The normalized spacial score (nSPS) is 36.8. The SMILES string of the molecule is CC(C)C1C[C@@H]2C(CC(C)(C)C3CCCN3C(C)(C)C)C2N1C(C)(C)C. The first-order valence-corrected chi connectivity index (χ1v) is 11.3. The topological polar surface area (TPSA) is 6.48 Å². The third kappa shape index (κ3) is 3.62. The van der Waals surface area contributed by atoms with Gasteiger partial charge in [0.1, 0.15) is 0 Å². The highest BCUT2D eigenvalue weighted by Gasteiger charge is 2.64. The van der Waals surface area contributed by atoms with Crippen molar-refractivity contribution in [2.24, 2.45) is 23.2 Å². The quantitative estimate of drug-likeness (QED) is 0.623. The number of hydrogen-bond donors (Lipinski definition) is 0. The lowest BCUT2D eigenvalue weighted by atomic mass is 9.76. The third-order valence-electron chi connectivity index (χ3n) is 7.80. The summed E-state index contributed by atoms with van der Waals surface area (Å²) in [5.41, 5.74) is 1.03. The van der Waals surface area contributed by atoms with Gasteiger partial charge in [0.2, 0.25) is 0 Å². The summed E-state index contributed by atoms with van der Waals surface area (Å²) in [5, 5.41) is 0. The van der Waals surface area contributed by atoms with Crippen molar-refractivity contribution in [2.75, 3.05) is 6.54 Å². The largest absolute Gasteiger partial charge is 0.295 e. The fraction of sp³-hybridized carbons (Fsp3) is 1.00. The van der Waals surface area contributed by atoms with Crippen LogP contribution in [0.5, 0.6) is 0 Å². The van der Waals surface area contributed by atoms with Crippen LogP contribution in [0, 0.1) is 23.2 Å². The van der Waals surface area contributed by atoms with Crippen LogP contribution in [0.15, 0.2) is 0 Å². The van der Waals surface area contributed by atoms with Gasteiger partial charge in [-0.2, -0.15) is 0 Å². The van der Waals surface area contributed by atoms with Crippen molar-refractivity contribution in [1.82, 2.24) is 9.80 Å². The third-order valence-corrected chi connectivity index (χ3v) is 7.80. The van der Waals surface area contributed by atoms with E-state index in [-0.39, 0.29) is 0 Å². The second-order valence-corrected chi connectivity index (χ2v) is 12.7. The Hall–Kier alpha value is -0.0800. The Morgan fingerprint density at radius 1 is 0.923 bits per heavy atom. The highest BCUT2D eigenvalue weighted by atomic mass is 15.3. The van der Waals surface area contributed by atoms with Crippen LogP contribution in [0.25, 0.3) is 0 Å². The first kappa shape index (κ1) is 20.6. The molecule has 2 heterocycles. The van der Waals surface area contributed by atoms with E-state index in [1.807, 2.05) is 0 Å². The van der Waals surface area contributed by atoms with Crippen molar-refractivity contribution in [2.45, 2.75) is 124 Å². The van der Waals surface area contributed by atoms with Gasteiger partial charge >= 0.3 is 0 Å². The van der Waals surface area contributed by atoms with Gasteiger partial charge in [0.05, 0.1) is 0 Å². The number of fused-ring (bicyclic) bond motifs is 1. The number of likely N-dealkylation sites (tertiary alicyclic amines) is 2. The van der Waals surface area contributed by atoms with E-state index in [4.69, 9.17) is 0 Å². The molecule has 3 aliphatic rings. The van der Waals surface area contributed by atoms with Crippen LogP contribution in [0.1, 0.15) is 94.9 Å². The minimum atomic E-state index is 0.304. The lowest BCUT2D eigenvalue weighted by Gasteiger charge is -2.46. The maximum atomic E-state index is 2.92. The monoisotopic (exact) mass is 362 g/mol. The lowest BCUT2D eigenvalue weighted by molar-refractivity contribution is 0.0269. The van der Waals surface area contributed by atoms with Crippen LogP contribution < -0.4 is 0 Å². The van der Waals surface area contributed by atoms with Gasteiger partial charge in [-0.3, -0.25) is 9.80 Å². The van der Waals surface area contributed by atoms with Crippen molar-refractivity contribution in [3.63, 3.8) is 0 Å². The van der Waals surface area contributed by atoms with E-state index in [9.17, 15) is 0 Å². The molecule has 1 saturated carbocycles. The molecule has 152 valence electrons. The van der Waals surface area contributed by atoms with Crippen molar-refractivity contribution >= 4 is 0 Å². The molecule has 2 nitrogen and oxygen atoms in total. The fourth-order valence-electron chi connectivity index (χ4n) is 6.70. The van der Waals surface area contributed by atoms with Crippen LogP contribution in [-0.4, -0.2) is 45.5 Å². The minimum absolute atomic E-state index is 0.304. The Bertz CT molecular complexity index is 507. The molecule has 2 saturated heterocycles. The zero-order valence-corrected chi connectivity index (χ0v) is 19.4. The Balaban J connectivity index is 1.71. The molecule has 5 atom stereocenters. The van der Waals surface area contributed by atoms with Gasteiger partial charge in [-0.15, -0.1) is 0 Å². The molecule has 4 unspecified atom stereocenters. The molecule has 0 radical (unpaired) electrons. The molecule has 0 spiro atoms. The van der Waals surface area contributed by atoms with E-state index in [0.717, 1.165) is 35.9 Å². The standard InChI is InChI=1S/C24H46N2/c1-16(2)19-14-17-18(21(17)26(19)23(6,7)8)15-24(9,10)20-12-11-13-25(20)22(3,4)5/h16-21H,11-15H2,1-10H3/t17-,18?,19?,20?,21?/m1/s1. The Morgan fingerprint density at radius 3 is 2.04 bits per heavy atom. The summed E-state index contributed by atoms with van der Waals surface area (Å²) >= 11 is 0. The molecule has 2 heteroatoms. The zero-order valence-electron chi connectivity index (χ0n) is 19.4. The Kier molecular flexibility index (Phi) is 5.14. The van der Waals surface area contributed by atoms with Gasteiger partial charge < -0.3 is 0 Å². The van der Waals surface area contributed by atoms with Gasteiger partial charge in [-0.1, -0.05) is 27.7 Å². The van der Waals surface area contributed by atoms with Crippen LogP contribution in [-0.2, 0) is 0 Å². The van der Waals surface area contributed by atoms with Crippen LogP contribution in [0.3, 0.4) is 0 Å². The maximum absolute atomic E-state index is 2.92. The van der Waals surface area contributed by atoms with E-state index in [1.165, 1.54) is 32.2 Å². The maximum Gasteiger partial charge on any atom is 0.0167 e. The predicted molar refractivity (Wildman–Crippen MR) is 113 cm³/mol. The first-order chi connectivity index (χ1) is 11.7. The summed E-state index contributed by atoms with van der Waals surface area (Å²) in [5.74, 6) is 2.67. The number of rotatable bonds is 4. The summed E-state index contributed by atoms with van der Waals surface area (Å²) in [6, 6.07) is 2.40. The summed E-state index contributed by atoms with van der Waals surface area (Å²) in [7, 11) is 0. The van der Waals surface area contributed by atoms with E-state index >= 15 is 0 Å². The molecule has 0 N–H and O–H groups in total. The van der Waals surface area contributed by atoms with Crippen LogP contribution in [0.4, 0.5) is 0 Å². The molecular formula is C24H46N2. The molecular weight excluding hydrogens is 316 g/mol. The molecule has 0 aromatic rings. The highest BCUT2D eigenvalue weighted by molar-refractivity contribution is 5.17. The molecule has 0 aromatic heterocycles. The fourth-order valence-corrected chi connectivity index (χ4v) is 6.70. The number of hydrogen-bond acceptors (Lipinski definition) is 2. The Labute approximate surface area is 164 Å². The number of piperidine rings is 1. The molecule has 3 rings (SSSR count). The van der Waals surface area contributed by atoms with Gasteiger partial charge in [0.15, 0.2) is 0 Å². The predicted octanol–water partition coefficient (Wildman–Crippen LogP) is 5.81. The molecule has 0 amide bonds. The number of nitrogens with zero attached hydrogens (tertiary/aromatic N) is 2.